The van der Waals surface area contributed by atoms with Crippen LogP contribution in [0.3, 0.4) is 0 Å². The Morgan fingerprint density at radius 3 is 0.889 bits per heavy atom. The van der Waals surface area contributed by atoms with Crippen LogP contribution in [0.2, 0.25) is 0 Å². The summed E-state index contributed by atoms with van der Waals surface area (Å²) in [4.78, 5) is 69.9. The molecule has 0 saturated heterocycles. The van der Waals surface area contributed by atoms with Crippen LogP contribution < -0.4 is 17.1 Å². The summed E-state index contributed by atoms with van der Waals surface area (Å²) < 4.78 is 2.14. The van der Waals surface area contributed by atoms with Gasteiger partial charge in [0.1, 0.15) is 0 Å². The Bertz CT molecular complexity index is 701. The molecule has 1 heterocycles. The fourth-order valence-corrected chi connectivity index (χ4v) is 1.97. The van der Waals surface area contributed by atoms with Crippen LogP contribution in [0.15, 0.2) is 14.4 Å². The molecule has 0 aromatic carbocycles. The van der Waals surface area contributed by atoms with Crippen LogP contribution >= 0.6 is 0 Å². The van der Waals surface area contributed by atoms with Gasteiger partial charge in [-0.15, -0.1) is 0 Å². The minimum atomic E-state index is -0.926. The number of carbonyl (C=O) groups excluding carboxylic acids is 3. The van der Waals surface area contributed by atoms with Crippen LogP contribution in [-0.2, 0) is 132 Å². The Kier molecular flexibility index (Phi) is 18.0. The maximum atomic E-state index is 12.3. The van der Waals surface area contributed by atoms with E-state index >= 15 is 0 Å². The summed E-state index contributed by atoms with van der Waals surface area (Å²) in [6.45, 7) is 8.71. The average molecular weight is 603 g/mol. The first-order valence-corrected chi connectivity index (χ1v) is 7.14. The molecule has 0 N–H and O–H groups in total. The first-order valence-electron chi connectivity index (χ1n) is 7.14. The van der Waals surface area contributed by atoms with Crippen LogP contribution in [0.25, 0.3) is 0 Å². The van der Waals surface area contributed by atoms with Crippen LogP contribution in [0.4, 0.5) is 0 Å². The zero-order valence-electron chi connectivity index (χ0n) is 14.9. The van der Waals surface area contributed by atoms with Gasteiger partial charge >= 0.3 is 17.1 Å². The van der Waals surface area contributed by atoms with E-state index in [4.69, 9.17) is 0 Å². The van der Waals surface area contributed by atoms with Gasteiger partial charge in [-0.05, 0) is 36.6 Å². The van der Waals surface area contributed by atoms with E-state index in [0.717, 1.165) is 0 Å². The van der Waals surface area contributed by atoms with E-state index in [1.165, 1.54) is 0 Å². The Morgan fingerprint density at radius 2 is 0.741 bits per heavy atom. The molecular weight excluding hydrogens is 585 g/mol. The summed E-state index contributed by atoms with van der Waals surface area (Å²) >= 11 is 0. The number of carbonyl (C=O) groups is 3. The normalized spacial score (nSPS) is 9.33. The third kappa shape index (κ3) is 10.1. The number of nitrogens with zero attached hydrogens (tertiary/aromatic N) is 3. The molecule has 1 aromatic rings. The Balaban J connectivity index is -0.00000192. The molecule has 0 amide bonds. The molecule has 9 nitrogen and oxygen atoms in total. The first-order chi connectivity index (χ1) is 11.1. The summed E-state index contributed by atoms with van der Waals surface area (Å²) in [5.74, 6) is -1.44. The number of hydrogen-bond acceptors (Lipinski definition) is 6. The van der Waals surface area contributed by atoms with E-state index in [-0.39, 0.29) is 137 Å². The van der Waals surface area contributed by atoms with Gasteiger partial charge in [-0.1, -0.05) is 0 Å². The number of rotatable bonds is 9. The van der Waals surface area contributed by atoms with Crippen molar-refractivity contribution in [2.75, 3.05) is 0 Å². The van der Waals surface area contributed by atoms with Gasteiger partial charge < -0.3 is 35.2 Å². The summed E-state index contributed by atoms with van der Waals surface area (Å²) in [6, 6.07) is 0. The third-order valence-electron chi connectivity index (χ3n) is 3.23. The standard InChI is InChI=1S/C15H18N3O6.3Y/c1-10(19)4-7-16-13(22)17(8-5-11(2)20)15(24)18(14(16)23)9-6-12(3)21;;;/h1-9H2;;;/q-3;;;. The van der Waals surface area contributed by atoms with Crippen LogP contribution in [0.1, 0.15) is 19.3 Å². The summed E-state index contributed by atoms with van der Waals surface area (Å²) in [7, 11) is 0. The van der Waals surface area contributed by atoms with Crippen molar-refractivity contribution in [1.29, 1.82) is 0 Å². The van der Waals surface area contributed by atoms with E-state index in [1.54, 1.807) is 0 Å². The van der Waals surface area contributed by atoms with Gasteiger partial charge in [0.25, 0.3) is 0 Å². The molecule has 12 heteroatoms. The molecular formula is C15H18N3O6Y3-3. The second kappa shape index (κ2) is 15.2. The fourth-order valence-electron chi connectivity index (χ4n) is 1.97. The Labute approximate surface area is 231 Å². The number of aromatic nitrogens is 3. The van der Waals surface area contributed by atoms with Crippen molar-refractivity contribution in [3.8, 4) is 0 Å². The van der Waals surface area contributed by atoms with E-state index < -0.39 is 34.4 Å². The van der Waals surface area contributed by atoms with Crippen LogP contribution in [-0.4, -0.2) is 31.1 Å². The summed E-state index contributed by atoms with van der Waals surface area (Å²) in [5.41, 5.74) is -2.78. The summed E-state index contributed by atoms with van der Waals surface area (Å²) in [5, 5.41) is 0. The number of Topliss-reactive ketones (excluding diaryl/α,β-unsaturated/α-hetero) is 3. The van der Waals surface area contributed by atoms with Crippen molar-refractivity contribution >= 4 is 17.3 Å². The molecule has 0 fully saturated rings. The van der Waals surface area contributed by atoms with E-state index in [0.29, 0.717) is 13.7 Å². The smallest absolute Gasteiger partial charge is 0.336 e. The number of hydrogen-bond donors (Lipinski definition) is 0. The van der Waals surface area contributed by atoms with Crippen LogP contribution in [0, 0.1) is 20.8 Å². The predicted octanol–water partition coefficient (Wildman–Crippen LogP) is -1.46. The van der Waals surface area contributed by atoms with E-state index in [2.05, 4.69) is 20.8 Å². The van der Waals surface area contributed by atoms with Crippen LogP contribution in [0.5, 0.6) is 0 Å². The molecule has 0 bridgehead atoms. The monoisotopic (exact) mass is 603 g/mol. The molecule has 0 aliphatic heterocycles. The maximum Gasteiger partial charge on any atom is 0.336 e. The van der Waals surface area contributed by atoms with Crippen molar-refractivity contribution < 1.29 is 113 Å². The molecule has 0 spiro atoms. The molecule has 0 saturated carbocycles. The van der Waals surface area contributed by atoms with Crippen molar-refractivity contribution in [1.82, 2.24) is 13.7 Å². The fraction of sp³-hybridized carbons (Fsp3) is 0.400. The minimum Gasteiger partial charge on any atom is -0.339 e. The molecule has 0 aliphatic rings. The van der Waals surface area contributed by atoms with Crippen molar-refractivity contribution in [2.24, 2.45) is 0 Å². The largest absolute Gasteiger partial charge is 0.339 e. The predicted molar refractivity (Wildman–Crippen MR) is 84.2 cm³/mol. The molecule has 3 radical (unpaired) electrons. The van der Waals surface area contributed by atoms with Crippen molar-refractivity contribution in [2.45, 2.75) is 38.9 Å². The third-order valence-corrected chi connectivity index (χ3v) is 3.23. The van der Waals surface area contributed by atoms with Crippen molar-refractivity contribution in [3.63, 3.8) is 0 Å². The molecule has 141 valence electrons. The second-order valence-corrected chi connectivity index (χ2v) is 5.17. The summed E-state index contributed by atoms with van der Waals surface area (Å²) in [6.07, 6.45) is -0.512. The van der Waals surface area contributed by atoms with Gasteiger partial charge in [0.15, 0.2) is 0 Å². The SMILES string of the molecule is [CH2-]C(=O)CCn1c(=O)n(CCC([CH2-])=O)c(=O)n(CCC([CH2-])=O)c1=O.[Y].[Y].[Y]. The molecule has 0 aliphatic carbocycles. The zero-order valence-corrected chi connectivity index (χ0v) is 23.4. The van der Waals surface area contributed by atoms with Gasteiger partial charge in [0, 0.05) is 118 Å². The average Bonchev–Trinajstić information content (AvgIpc) is 2.45. The first kappa shape index (κ1) is 32.0. The van der Waals surface area contributed by atoms with E-state index in [1.807, 2.05) is 0 Å². The molecule has 27 heavy (non-hydrogen) atoms. The zero-order chi connectivity index (χ0) is 18.4. The Hall–Kier alpha value is 0.342. The topological polar surface area (TPSA) is 117 Å². The molecule has 0 unspecified atom stereocenters. The number of ketones is 3. The quantitative estimate of drug-likeness (QED) is 0.319. The van der Waals surface area contributed by atoms with E-state index in [9.17, 15) is 28.8 Å². The van der Waals surface area contributed by atoms with Gasteiger partial charge in [-0.2, -0.15) is 0 Å². The maximum absolute atomic E-state index is 12.3. The molecule has 1 aromatic heterocycles. The van der Waals surface area contributed by atoms with Gasteiger partial charge in [0.05, 0.1) is 0 Å². The van der Waals surface area contributed by atoms with Gasteiger partial charge in [-0.25, -0.2) is 28.1 Å². The molecule has 0 atom stereocenters. The molecule has 1 rings (SSSR count). The van der Waals surface area contributed by atoms with Gasteiger partial charge in [-0.3, -0.25) is 0 Å². The van der Waals surface area contributed by atoms with Crippen molar-refractivity contribution in [3.05, 3.63) is 52.2 Å². The second-order valence-electron chi connectivity index (χ2n) is 5.17. The Morgan fingerprint density at radius 1 is 0.556 bits per heavy atom. The van der Waals surface area contributed by atoms with Gasteiger partial charge in [0.2, 0.25) is 0 Å². The minimum absolute atomic E-state index is 0.